The Morgan fingerprint density at radius 3 is 2.92 bits per heavy atom. The van der Waals surface area contributed by atoms with E-state index in [-0.39, 0.29) is 30.2 Å². The maximum atomic E-state index is 12.3. The highest BCUT2D eigenvalue weighted by molar-refractivity contribution is 5.85. The van der Waals surface area contributed by atoms with Crippen molar-refractivity contribution in [3.8, 4) is 17.6 Å². The molecule has 2 rings (SSSR count). The highest BCUT2D eigenvalue weighted by Crippen LogP contribution is 2.35. The van der Waals surface area contributed by atoms with Crippen LogP contribution in [0.3, 0.4) is 0 Å². The van der Waals surface area contributed by atoms with Crippen LogP contribution in [-0.4, -0.2) is 30.8 Å². The molecule has 0 saturated carbocycles. The Hall–Kier alpha value is -3.21. The molecular weight excluding hydrogens is 314 g/mol. The molecule has 1 saturated heterocycles. The number of amides is 2. The molecule has 8 heteroatoms. The van der Waals surface area contributed by atoms with Crippen molar-refractivity contribution < 1.29 is 24.2 Å². The number of nitriles is 1. The number of ether oxygens (including phenoxy) is 2. The molecule has 0 unspecified atom stereocenters. The number of phenols is 1. The van der Waals surface area contributed by atoms with Gasteiger partial charge in [0.15, 0.2) is 11.5 Å². The lowest BCUT2D eigenvalue weighted by Crippen LogP contribution is -2.51. The number of phenolic OH excluding ortho intramolecular Hbond substituents is 1. The van der Waals surface area contributed by atoms with Crippen LogP contribution in [0.4, 0.5) is 4.79 Å². The number of carbonyl (C=O) groups excluding carboxylic acids is 2. The molecule has 126 valence electrons. The van der Waals surface area contributed by atoms with Gasteiger partial charge in [-0.05, 0) is 17.7 Å². The van der Waals surface area contributed by atoms with Crippen molar-refractivity contribution in [3.63, 3.8) is 0 Å². The van der Waals surface area contributed by atoms with E-state index in [9.17, 15) is 14.7 Å². The summed E-state index contributed by atoms with van der Waals surface area (Å²) in [7, 11) is 1.40. The molecule has 24 heavy (non-hydrogen) atoms. The van der Waals surface area contributed by atoms with Crippen LogP contribution >= 0.6 is 0 Å². The number of nitrogens with one attached hydrogen (secondary N) is 2. The van der Waals surface area contributed by atoms with Crippen LogP contribution in [0.15, 0.2) is 30.5 Å². The number of urea groups is 1. The minimum Gasteiger partial charge on any atom is -0.504 e. The normalized spacial score (nSPS) is 19.7. The maximum absolute atomic E-state index is 12.3. The zero-order valence-corrected chi connectivity index (χ0v) is 13.0. The zero-order valence-electron chi connectivity index (χ0n) is 13.0. The number of carbonyl (C=O) groups is 2. The molecule has 1 aliphatic heterocycles. The number of esters is 1. The number of rotatable bonds is 5. The molecule has 1 fully saturated rings. The van der Waals surface area contributed by atoms with E-state index in [2.05, 4.69) is 17.2 Å². The molecule has 0 bridgehead atoms. The fourth-order valence-corrected chi connectivity index (χ4v) is 2.41. The summed E-state index contributed by atoms with van der Waals surface area (Å²) >= 11 is 0. The van der Waals surface area contributed by atoms with Gasteiger partial charge in [-0.1, -0.05) is 12.6 Å². The standard InChI is InChI=1S/C16H17N3O5/c1-9-13(15(21)24-7-3-6-17)14(19-16(22)18-9)10-4-5-11(20)12(8-10)23-2/h4-5,8,13-14,20H,1,3,7H2,2H3,(H2,18,19,22)/t13-,14+/m1/s1. The number of hydrogen-bond acceptors (Lipinski definition) is 6. The first-order valence-corrected chi connectivity index (χ1v) is 7.14. The van der Waals surface area contributed by atoms with Gasteiger partial charge in [-0.2, -0.15) is 5.26 Å². The average Bonchev–Trinajstić information content (AvgIpc) is 2.54. The molecule has 2 atom stereocenters. The largest absolute Gasteiger partial charge is 0.504 e. The Kier molecular flexibility index (Phi) is 5.27. The van der Waals surface area contributed by atoms with Crippen LogP contribution in [0, 0.1) is 17.2 Å². The first-order valence-electron chi connectivity index (χ1n) is 7.14. The molecule has 2 amide bonds. The molecule has 3 N–H and O–H groups in total. The number of methoxy groups -OCH3 is 1. The lowest BCUT2D eigenvalue weighted by Gasteiger charge is -2.33. The molecule has 1 heterocycles. The van der Waals surface area contributed by atoms with E-state index >= 15 is 0 Å². The van der Waals surface area contributed by atoms with Crippen LogP contribution in [0.1, 0.15) is 18.0 Å². The molecule has 1 aromatic rings. The van der Waals surface area contributed by atoms with Gasteiger partial charge in [0, 0.05) is 5.70 Å². The van der Waals surface area contributed by atoms with Crippen molar-refractivity contribution in [2.45, 2.75) is 12.5 Å². The molecule has 0 aliphatic carbocycles. The van der Waals surface area contributed by atoms with Gasteiger partial charge in [-0.25, -0.2) is 4.79 Å². The first kappa shape index (κ1) is 17.1. The molecular formula is C16H17N3O5. The summed E-state index contributed by atoms with van der Waals surface area (Å²) in [5, 5.41) is 23.3. The second kappa shape index (κ2) is 7.37. The van der Waals surface area contributed by atoms with E-state index in [1.165, 1.54) is 19.2 Å². The SMILES string of the molecule is C=C1NC(=O)N[C@@H](c2ccc(O)c(OC)c2)[C@@H]1C(=O)OCCC#N. The quantitative estimate of drug-likeness (QED) is 0.553. The van der Waals surface area contributed by atoms with Gasteiger partial charge in [0.2, 0.25) is 0 Å². The molecule has 0 radical (unpaired) electrons. The Bertz CT molecular complexity index is 710. The fourth-order valence-electron chi connectivity index (χ4n) is 2.41. The van der Waals surface area contributed by atoms with Gasteiger partial charge < -0.3 is 25.2 Å². The number of benzene rings is 1. The molecule has 8 nitrogen and oxygen atoms in total. The second-order valence-corrected chi connectivity index (χ2v) is 5.09. The van der Waals surface area contributed by atoms with Crippen molar-refractivity contribution in [2.75, 3.05) is 13.7 Å². The highest BCUT2D eigenvalue weighted by Gasteiger charge is 2.39. The number of hydrogen-bond donors (Lipinski definition) is 3. The van der Waals surface area contributed by atoms with E-state index in [4.69, 9.17) is 14.7 Å². The van der Waals surface area contributed by atoms with E-state index in [0.717, 1.165) is 0 Å². The smallest absolute Gasteiger partial charge is 0.319 e. The van der Waals surface area contributed by atoms with Gasteiger partial charge in [0.05, 0.1) is 25.6 Å². The van der Waals surface area contributed by atoms with Crippen LogP contribution in [0.5, 0.6) is 11.5 Å². The monoisotopic (exact) mass is 331 g/mol. The lowest BCUT2D eigenvalue weighted by molar-refractivity contribution is -0.148. The Morgan fingerprint density at radius 1 is 1.50 bits per heavy atom. The maximum Gasteiger partial charge on any atom is 0.319 e. The minimum atomic E-state index is -0.879. The van der Waals surface area contributed by atoms with E-state index in [0.29, 0.717) is 5.56 Å². The van der Waals surface area contributed by atoms with Crippen LogP contribution in [0.2, 0.25) is 0 Å². The van der Waals surface area contributed by atoms with Crippen molar-refractivity contribution in [3.05, 3.63) is 36.0 Å². The summed E-state index contributed by atoms with van der Waals surface area (Å²) in [6.07, 6.45) is 0.0718. The van der Waals surface area contributed by atoms with Gasteiger partial charge in [-0.15, -0.1) is 0 Å². The molecule has 0 spiro atoms. The van der Waals surface area contributed by atoms with Crippen molar-refractivity contribution in [2.24, 2.45) is 5.92 Å². The summed E-state index contributed by atoms with van der Waals surface area (Å²) in [6, 6.07) is 5.13. The minimum absolute atomic E-state index is 0.0430. The summed E-state index contributed by atoms with van der Waals surface area (Å²) in [4.78, 5) is 24.1. The van der Waals surface area contributed by atoms with Crippen molar-refractivity contribution in [1.82, 2.24) is 10.6 Å². The van der Waals surface area contributed by atoms with Gasteiger partial charge >= 0.3 is 12.0 Å². The topological polar surface area (TPSA) is 121 Å². The number of aromatic hydroxyl groups is 1. The summed E-state index contributed by atoms with van der Waals surface area (Å²) in [6.45, 7) is 3.67. The Morgan fingerprint density at radius 2 is 2.25 bits per heavy atom. The van der Waals surface area contributed by atoms with Crippen LogP contribution in [0.25, 0.3) is 0 Å². The van der Waals surface area contributed by atoms with E-state index in [1.54, 1.807) is 6.07 Å². The van der Waals surface area contributed by atoms with Gasteiger partial charge in [0.25, 0.3) is 0 Å². The summed E-state index contributed by atoms with van der Waals surface area (Å²) < 4.78 is 10.1. The van der Waals surface area contributed by atoms with Crippen molar-refractivity contribution in [1.29, 1.82) is 5.26 Å². The van der Waals surface area contributed by atoms with E-state index in [1.807, 2.05) is 6.07 Å². The molecule has 0 aromatic heterocycles. The van der Waals surface area contributed by atoms with Crippen molar-refractivity contribution >= 4 is 12.0 Å². The molecule has 1 aromatic carbocycles. The lowest BCUT2D eigenvalue weighted by atomic mass is 9.89. The molecule has 1 aliphatic rings. The average molecular weight is 331 g/mol. The predicted molar refractivity (Wildman–Crippen MR) is 82.9 cm³/mol. The third-order valence-corrected chi connectivity index (χ3v) is 3.54. The third kappa shape index (κ3) is 3.57. The Balaban J connectivity index is 2.32. The Labute approximate surface area is 138 Å². The number of nitrogens with zero attached hydrogens (tertiary/aromatic N) is 1. The van der Waals surface area contributed by atoms with Crippen LogP contribution < -0.4 is 15.4 Å². The second-order valence-electron chi connectivity index (χ2n) is 5.09. The third-order valence-electron chi connectivity index (χ3n) is 3.54. The fraction of sp³-hybridized carbons (Fsp3) is 0.312. The predicted octanol–water partition coefficient (Wildman–Crippen LogP) is 1.34. The van der Waals surface area contributed by atoms with Crippen LogP contribution in [-0.2, 0) is 9.53 Å². The highest BCUT2D eigenvalue weighted by atomic mass is 16.5. The van der Waals surface area contributed by atoms with Gasteiger partial charge in [-0.3, -0.25) is 4.79 Å². The summed E-state index contributed by atoms with van der Waals surface area (Å²) in [5.41, 5.74) is 0.737. The van der Waals surface area contributed by atoms with Gasteiger partial charge in [0.1, 0.15) is 12.5 Å². The summed E-state index contributed by atoms with van der Waals surface area (Å²) in [5.74, 6) is -1.34. The first-order chi connectivity index (χ1) is 11.5. The zero-order chi connectivity index (χ0) is 17.7. The van der Waals surface area contributed by atoms with E-state index < -0.39 is 24.0 Å².